The molecule has 2 aromatic heterocycles. The van der Waals surface area contributed by atoms with Gasteiger partial charge in [0.1, 0.15) is 36.2 Å². The molecular weight excluding hydrogens is 979 g/mol. The average Bonchev–Trinajstić information content (AvgIpc) is 4.05. The number of furan rings is 2. The molecule has 6 rings (SSSR count). The lowest BCUT2D eigenvalue weighted by atomic mass is 10.0. The van der Waals surface area contributed by atoms with E-state index in [2.05, 4.69) is 131 Å². The van der Waals surface area contributed by atoms with Crippen molar-refractivity contribution in [2.45, 2.75) is 92.2 Å². The number of hydrogen-bond donors (Lipinski definition) is 2. The Kier molecular flexibility index (Phi) is 21.5. The fourth-order valence-corrected chi connectivity index (χ4v) is 9.48. The van der Waals surface area contributed by atoms with E-state index in [4.69, 9.17) is 27.4 Å². The fraction of sp³-hybridized carbons (Fsp3) is 0.407. The molecule has 4 aromatic carbocycles. The largest absolute Gasteiger partial charge is 0.697 e. The maximum atomic E-state index is 12.4. The topological polar surface area (TPSA) is 104 Å². The van der Waals surface area contributed by atoms with Gasteiger partial charge in [-0.05, 0) is 170 Å². The van der Waals surface area contributed by atoms with Crippen LogP contribution in [0.25, 0.3) is 22.6 Å². The third-order valence-corrected chi connectivity index (χ3v) is 13.2. The van der Waals surface area contributed by atoms with Gasteiger partial charge in [-0.15, -0.1) is 9.05 Å². The van der Waals surface area contributed by atoms with Gasteiger partial charge in [0.15, 0.2) is 0 Å². The first-order chi connectivity index (χ1) is 32.1. The first-order valence-electron chi connectivity index (χ1n) is 23.4. The molecule has 2 N–H and O–H groups in total. The molecule has 66 heavy (non-hydrogen) atoms. The predicted octanol–water partition coefficient (Wildman–Crippen LogP) is 14.5. The van der Waals surface area contributed by atoms with E-state index in [1.165, 1.54) is 31.2 Å². The fourth-order valence-electron chi connectivity index (χ4n) is 7.67. The highest BCUT2D eigenvalue weighted by molar-refractivity contribution is 9.10. The number of benzene rings is 4. The van der Waals surface area contributed by atoms with E-state index in [-0.39, 0.29) is 0 Å². The van der Waals surface area contributed by atoms with Gasteiger partial charge in [-0.2, -0.15) is 0 Å². The lowest BCUT2D eigenvalue weighted by Crippen LogP contribution is -2.16. The number of hydrogen-bond acceptors (Lipinski definition) is 9. The van der Waals surface area contributed by atoms with Gasteiger partial charge >= 0.3 is 8.25 Å². The third-order valence-electron chi connectivity index (χ3n) is 10.9. The van der Waals surface area contributed by atoms with Crippen molar-refractivity contribution in [3.63, 3.8) is 0 Å². The Bertz CT molecular complexity index is 2210. The second-order valence-corrected chi connectivity index (χ2v) is 20.2. The molecular formula is C54H66Br2N2O7P+. The van der Waals surface area contributed by atoms with Crippen LogP contribution in [-0.4, -0.2) is 39.5 Å². The molecule has 0 fully saturated rings. The number of rotatable bonds is 30. The van der Waals surface area contributed by atoms with Crippen LogP contribution >= 0.6 is 40.1 Å². The van der Waals surface area contributed by atoms with Gasteiger partial charge in [0, 0.05) is 26.6 Å². The molecule has 0 atom stereocenters. The van der Waals surface area contributed by atoms with Crippen LogP contribution in [0, 0.1) is 11.8 Å². The zero-order chi connectivity index (χ0) is 46.5. The number of ether oxygens (including phenoxy) is 2. The van der Waals surface area contributed by atoms with Gasteiger partial charge in [0.25, 0.3) is 0 Å². The lowest BCUT2D eigenvalue weighted by Gasteiger charge is -2.13. The van der Waals surface area contributed by atoms with Gasteiger partial charge in [-0.1, -0.05) is 96.0 Å². The van der Waals surface area contributed by atoms with Crippen molar-refractivity contribution in [3.05, 3.63) is 152 Å². The molecule has 0 unspecified atom stereocenters. The van der Waals surface area contributed by atoms with E-state index in [1.807, 2.05) is 36.4 Å². The van der Waals surface area contributed by atoms with Crippen molar-refractivity contribution in [1.29, 1.82) is 0 Å². The normalized spacial score (nSPS) is 11.5. The summed E-state index contributed by atoms with van der Waals surface area (Å²) < 4.78 is 49.8. The van der Waals surface area contributed by atoms with Crippen LogP contribution in [-0.2, 0) is 52.4 Å². The van der Waals surface area contributed by atoms with Crippen LogP contribution < -0.4 is 20.1 Å². The van der Waals surface area contributed by atoms with Crippen molar-refractivity contribution < 1.29 is 31.9 Å². The maximum absolute atomic E-state index is 12.4. The predicted molar refractivity (Wildman–Crippen MR) is 273 cm³/mol. The smallest absolute Gasteiger partial charge is 0.493 e. The Morgan fingerprint density at radius 3 is 1.38 bits per heavy atom. The van der Waals surface area contributed by atoms with Crippen molar-refractivity contribution >= 4 is 40.1 Å². The van der Waals surface area contributed by atoms with Crippen LogP contribution in [0.1, 0.15) is 86.8 Å². The van der Waals surface area contributed by atoms with Gasteiger partial charge in [-0.25, -0.2) is 0 Å². The molecule has 6 aromatic rings. The summed E-state index contributed by atoms with van der Waals surface area (Å²) in [6.45, 7) is 13.6. The highest BCUT2D eigenvalue weighted by Crippen LogP contribution is 2.34. The standard InChI is InChI=1S/C54H66Br2N2O7P/c1-39(2)31-45-19-15-41(35-49(45)55)11-5-25-62-53-21-17-43(33-47(53)51-13-7-27-60-51)37-57-23-9-29-64-66(59)65-30-10-24-58-38-44-18-22-54(48(34-44)52-14-8-28-61-52)63-26-6-12-42-16-20-46(32-40(3)4)50(56)36-42/h7-8,13-22,27-28,33-36,39-40,57-58H,5-6,9-12,23-26,29-32,37-38H2,1-4H3/q+1. The Morgan fingerprint density at radius 1 is 0.545 bits per heavy atom. The second kappa shape index (κ2) is 27.7. The molecule has 0 aliphatic heterocycles. The van der Waals surface area contributed by atoms with Crippen LogP contribution in [0.5, 0.6) is 11.5 Å². The van der Waals surface area contributed by atoms with Crippen molar-refractivity contribution in [2.75, 3.05) is 39.5 Å². The molecule has 0 bridgehead atoms. The number of nitrogens with one attached hydrogen (secondary N) is 2. The summed E-state index contributed by atoms with van der Waals surface area (Å²) in [5.41, 5.74) is 9.40. The first kappa shape index (κ1) is 51.3. The zero-order valence-corrected chi connectivity index (χ0v) is 43.0. The summed E-state index contributed by atoms with van der Waals surface area (Å²) in [6.07, 6.45) is 10.6. The molecule has 9 nitrogen and oxygen atoms in total. The van der Waals surface area contributed by atoms with E-state index in [1.54, 1.807) is 12.5 Å². The third kappa shape index (κ3) is 17.2. The molecule has 0 spiro atoms. The Balaban J connectivity index is 0.831. The van der Waals surface area contributed by atoms with Crippen molar-refractivity contribution in [1.82, 2.24) is 10.6 Å². The quantitative estimate of drug-likeness (QED) is 0.0337. The van der Waals surface area contributed by atoms with Gasteiger partial charge in [0.2, 0.25) is 0 Å². The SMILES string of the molecule is CC(C)Cc1ccc(CCCOc2ccc(CNCCCO[P+](=O)OCCCNCc3ccc(OCCCc4ccc(CC(C)C)c(Br)c4)c(-c4ccco4)c3)cc2-c2ccco2)cc1Br. The molecule has 0 aliphatic rings. The summed E-state index contributed by atoms with van der Waals surface area (Å²) in [4.78, 5) is 0. The molecule has 2 heterocycles. The first-order valence-corrected chi connectivity index (χ1v) is 26.1. The second-order valence-electron chi connectivity index (χ2n) is 17.5. The van der Waals surface area contributed by atoms with E-state index in [0.29, 0.717) is 77.3 Å². The van der Waals surface area contributed by atoms with E-state index in [9.17, 15) is 4.57 Å². The zero-order valence-electron chi connectivity index (χ0n) is 38.9. The molecule has 0 radical (unpaired) electrons. The van der Waals surface area contributed by atoms with Gasteiger partial charge in [-0.3, -0.25) is 0 Å². The van der Waals surface area contributed by atoms with Crippen LogP contribution in [0.4, 0.5) is 0 Å². The monoisotopic (exact) mass is 1040 g/mol. The summed E-state index contributed by atoms with van der Waals surface area (Å²) in [5, 5.41) is 6.92. The Labute approximate surface area is 410 Å². The van der Waals surface area contributed by atoms with Crippen LogP contribution in [0.2, 0.25) is 0 Å². The average molecular weight is 1050 g/mol. The highest BCUT2D eigenvalue weighted by Gasteiger charge is 2.19. The van der Waals surface area contributed by atoms with Gasteiger partial charge < -0.3 is 28.9 Å². The minimum Gasteiger partial charge on any atom is -0.493 e. The molecule has 0 saturated heterocycles. The minimum atomic E-state index is -2.18. The van der Waals surface area contributed by atoms with Crippen molar-refractivity contribution in [2.24, 2.45) is 11.8 Å². The molecule has 0 aliphatic carbocycles. The van der Waals surface area contributed by atoms with E-state index >= 15 is 0 Å². The van der Waals surface area contributed by atoms with Crippen molar-refractivity contribution in [3.8, 4) is 34.1 Å². The molecule has 352 valence electrons. The maximum Gasteiger partial charge on any atom is 0.697 e. The van der Waals surface area contributed by atoms with Crippen LogP contribution in [0.3, 0.4) is 0 Å². The molecule has 0 saturated carbocycles. The summed E-state index contributed by atoms with van der Waals surface area (Å²) in [6, 6.07) is 33.5. The van der Waals surface area contributed by atoms with E-state index < -0.39 is 8.25 Å². The highest BCUT2D eigenvalue weighted by atomic mass is 79.9. The molecule has 0 amide bonds. The van der Waals surface area contributed by atoms with Gasteiger partial charge in [0.05, 0.1) is 36.9 Å². The summed E-state index contributed by atoms with van der Waals surface area (Å²) in [7, 11) is -2.18. The Morgan fingerprint density at radius 2 is 0.985 bits per heavy atom. The minimum absolute atomic E-state index is 0.339. The van der Waals surface area contributed by atoms with Crippen LogP contribution in [0.15, 0.2) is 127 Å². The summed E-state index contributed by atoms with van der Waals surface area (Å²) in [5.74, 6) is 4.41. The number of aryl methyl sites for hydroxylation is 2. The summed E-state index contributed by atoms with van der Waals surface area (Å²) >= 11 is 7.51. The number of halogens is 2. The molecule has 12 heteroatoms. The Hall–Kier alpha value is -4.06. The lowest BCUT2D eigenvalue weighted by molar-refractivity contribution is 0.220. The van der Waals surface area contributed by atoms with E-state index in [0.717, 1.165) is 83.8 Å².